The molecule has 0 rings (SSSR count). The average Bonchev–Trinajstić information content (AvgIpc) is 1.81. The van der Waals surface area contributed by atoms with E-state index in [-0.39, 0.29) is 6.54 Å². The molecular weight excluding hydrogens is 100 g/mol. The minimum absolute atomic E-state index is 0.268. The molecule has 0 bridgehead atoms. The Morgan fingerprint density at radius 3 is 2.88 bits per heavy atom. The van der Waals surface area contributed by atoms with Gasteiger partial charge < -0.3 is 5.32 Å². The van der Waals surface area contributed by atoms with Crippen LogP contribution >= 0.6 is 0 Å². The number of hydrogen-bond acceptors (Lipinski definition) is 1. The van der Waals surface area contributed by atoms with Crippen LogP contribution < -0.4 is 11.1 Å². The number of nitrogens with zero attached hydrogens (tertiary/aromatic N) is 1. The molecule has 2 nitrogen and oxygen atoms in total. The van der Waals surface area contributed by atoms with Gasteiger partial charge in [0.1, 0.15) is 0 Å². The van der Waals surface area contributed by atoms with Gasteiger partial charge in [0.25, 0.3) is 0 Å². The molecule has 0 aliphatic rings. The second-order valence-electron chi connectivity index (χ2n) is 1.57. The van der Waals surface area contributed by atoms with Crippen molar-refractivity contribution in [1.82, 2.24) is 11.1 Å². The zero-order valence-corrected chi connectivity index (χ0v) is 5.06. The lowest BCUT2D eigenvalue weighted by Crippen LogP contribution is -2.15. The highest BCUT2D eigenvalue weighted by molar-refractivity contribution is 4.68. The smallest absolute Gasteiger partial charge is 0.0333 e. The van der Waals surface area contributed by atoms with E-state index in [4.69, 9.17) is 5.73 Å². The van der Waals surface area contributed by atoms with E-state index in [0.29, 0.717) is 0 Å². The van der Waals surface area contributed by atoms with Crippen LogP contribution in [-0.2, 0) is 0 Å². The lowest BCUT2D eigenvalue weighted by atomic mass is 10.4. The third-order valence-corrected chi connectivity index (χ3v) is 0.800. The first kappa shape index (κ1) is 7.66. The van der Waals surface area contributed by atoms with Crippen LogP contribution in [0.4, 0.5) is 0 Å². The molecule has 0 atom stereocenters. The van der Waals surface area contributed by atoms with E-state index in [9.17, 15) is 0 Å². The van der Waals surface area contributed by atoms with Crippen LogP contribution in [0.5, 0.6) is 0 Å². The summed E-state index contributed by atoms with van der Waals surface area (Å²) in [6.07, 6.45) is 2.63. The molecular formula is C6H12N2. The summed E-state index contributed by atoms with van der Waals surface area (Å²) in [6.45, 7) is 5.51. The molecule has 1 N–H and O–H groups in total. The maximum atomic E-state index is 8.30. The number of nitrogens with one attached hydrogen (secondary N) is 1. The molecule has 0 unspecified atom stereocenters. The summed E-state index contributed by atoms with van der Waals surface area (Å²) in [7, 11) is 0. The van der Waals surface area contributed by atoms with Gasteiger partial charge in [-0.1, -0.05) is 6.08 Å². The topological polar surface area (TPSA) is 34.3 Å². The molecule has 8 heavy (non-hydrogen) atoms. The van der Waals surface area contributed by atoms with Gasteiger partial charge in [0, 0.05) is 13.1 Å². The number of hydrogen-bond donors (Lipinski definition) is 1. The van der Waals surface area contributed by atoms with E-state index in [1.807, 2.05) is 0 Å². The Morgan fingerprint density at radius 1 is 1.62 bits per heavy atom. The largest absolute Gasteiger partial charge is 0.313 e. The van der Waals surface area contributed by atoms with Crippen molar-refractivity contribution in [1.29, 1.82) is 0 Å². The van der Waals surface area contributed by atoms with Gasteiger partial charge in [0.2, 0.25) is 0 Å². The third-order valence-electron chi connectivity index (χ3n) is 0.800. The van der Waals surface area contributed by atoms with Gasteiger partial charge in [-0.05, 0) is 13.0 Å². The van der Waals surface area contributed by atoms with Crippen molar-refractivity contribution >= 4 is 0 Å². The second kappa shape index (κ2) is 6.66. The predicted octanol–water partition coefficient (Wildman–Crippen LogP) is 0.221. The summed E-state index contributed by atoms with van der Waals surface area (Å²) in [4.78, 5) is 0. The Labute approximate surface area is 50.8 Å². The maximum absolute atomic E-state index is 8.30. The fourth-order valence-electron chi connectivity index (χ4n) is 0.408. The van der Waals surface area contributed by atoms with E-state index in [0.717, 1.165) is 19.5 Å². The van der Waals surface area contributed by atoms with Crippen molar-refractivity contribution in [2.45, 2.75) is 6.42 Å². The van der Waals surface area contributed by atoms with Crippen molar-refractivity contribution in [2.24, 2.45) is 0 Å². The van der Waals surface area contributed by atoms with Crippen molar-refractivity contribution in [3.05, 3.63) is 12.7 Å². The first-order chi connectivity index (χ1) is 3.91. The standard InChI is InChI=1S/C6H12N2/c1-2-5-8-6-3-4-7/h2,8H,1,3-6H2. The summed E-state index contributed by atoms with van der Waals surface area (Å²) in [5, 5.41) is 3.06. The van der Waals surface area contributed by atoms with Crippen LogP contribution in [0.15, 0.2) is 12.7 Å². The van der Waals surface area contributed by atoms with E-state index in [1.165, 1.54) is 0 Å². The molecule has 0 aromatic carbocycles. The van der Waals surface area contributed by atoms with Crippen molar-refractivity contribution in [3.8, 4) is 0 Å². The van der Waals surface area contributed by atoms with Gasteiger partial charge in [0.05, 0.1) is 0 Å². The van der Waals surface area contributed by atoms with Crippen LogP contribution in [-0.4, -0.2) is 19.6 Å². The molecule has 0 spiro atoms. The molecule has 0 aromatic heterocycles. The Morgan fingerprint density at radius 2 is 2.38 bits per heavy atom. The molecule has 0 aliphatic heterocycles. The molecule has 2 radical (unpaired) electrons. The normalized spacial score (nSPS) is 9.12. The van der Waals surface area contributed by atoms with Crippen molar-refractivity contribution in [2.75, 3.05) is 19.6 Å². The highest BCUT2D eigenvalue weighted by Gasteiger charge is 1.80. The Hall–Kier alpha value is -0.340. The van der Waals surface area contributed by atoms with Gasteiger partial charge in [-0.3, -0.25) is 0 Å². The zero-order chi connectivity index (χ0) is 6.24. The van der Waals surface area contributed by atoms with Gasteiger partial charge in [-0.25, -0.2) is 0 Å². The van der Waals surface area contributed by atoms with E-state index < -0.39 is 0 Å². The number of rotatable bonds is 5. The lowest BCUT2D eigenvalue weighted by Gasteiger charge is -1.95. The summed E-state index contributed by atoms with van der Waals surface area (Å²) in [5.41, 5.74) is 8.30. The molecule has 0 fully saturated rings. The fourth-order valence-corrected chi connectivity index (χ4v) is 0.408. The summed E-state index contributed by atoms with van der Waals surface area (Å²) < 4.78 is 0. The Kier molecular flexibility index (Phi) is 6.38. The molecule has 0 amide bonds. The monoisotopic (exact) mass is 112 g/mol. The first-order valence-corrected chi connectivity index (χ1v) is 2.84. The molecule has 0 aliphatic carbocycles. The van der Waals surface area contributed by atoms with Crippen molar-refractivity contribution in [3.63, 3.8) is 0 Å². The summed E-state index contributed by atoms with van der Waals surface area (Å²) >= 11 is 0. The molecule has 46 valence electrons. The molecule has 0 saturated carbocycles. The average molecular weight is 112 g/mol. The van der Waals surface area contributed by atoms with Crippen LogP contribution in [0.2, 0.25) is 0 Å². The fraction of sp³-hybridized carbons (Fsp3) is 0.667. The van der Waals surface area contributed by atoms with Gasteiger partial charge in [-0.2, -0.15) is 0 Å². The SMILES string of the molecule is C=CCNCCC[N]. The van der Waals surface area contributed by atoms with Gasteiger partial charge in [0.15, 0.2) is 0 Å². The summed E-state index contributed by atoms with van der Waals surface area (Å²) in [6, 6.07) is 0. The second-order valence-corrected chi connectivity index (χ2v) is 1.57. The van der Waals surface area contributed by atoms with Crippen LogP contribution in [0.25, 0.3) is 0 Å². The first-order valence-electron chi connectivity index (χ1n) is 2.84. The van der Waals surface area contributed by atoms with Crippen LogP contribution in [0, 0.1) is 0 Å². The summed E-state index contributed by atoms with van der Waals surface area (Å²) in [5.74, 6) is 0. The van der Waals surface area contributed by atoms with Crippen LogP contribution in [0.1, 0.15) is 6.42 Å². The van der Waals surface area contributed by atoms with Crippen molar-refractivity contribution < 1.29 is 0 Å². The Bertz CT molecular complexity index is 52.5. The molecule has 0 saturated heterocycles. The maximum Gasteiger partial charge on any atom is 0.0333 e. The van der Waals surface area contributed by atoms with E-state index in [1.54, 1.807) is 6.08 Å². The highest BCUT2D eigenvalue weighted by atomic mass is 14.8. The Balaban J connectivity index is 2.62. The minimum Gasteiger partial charge on any atom is -0.313 e. The molecule has 2 heteroatoms. The zero-order valence-electron chi connectivity index (χ0n) is 5.06. The highest BCUT2D eigenvalue weighted by Crippen LogP contribution is 1.69. The lowest BCUT2D eigenvalue weighted by molar-refractivity contribution is 0.694. The van der Waals surface area contributed by atoms with Gasteiger partial charge in [-0.15, -0.1) is 12.3 Å². The quantitative estimate of drug-likeness (QED) is 0.400. The molecule has 0 aromatic rings. The predicted molar refractivity (Wildman–Crippen MR) is 34.7 cm³/mol. The van der Waals surface area contributed by atoms with E-state index in [2.05, 4.69) is 11.9 Å². The van der Waals surface area contributed by atoms with Crippen LogP contribution in [0.3, 0.4) is 0 Å². The third kappa shape index (κ3) is 5.66. The minimum atomic E-state index is 0.268. The molecule has 0 heterocycles. The van der Waals surface area contributed by atoms with Gasteiger partial charge >= 0.3 is 0 Å². The van der Waals surface area contributed by atoms with E-state index >= 15 is 0 Å².